The molecule has 0 fully saturated rings. The summed E-state index contributed by atoms with van der Waals surface area (Å²) in [4.78, 5) is 46.7. The normalized spacial score (nSPS) is 12.3. The third-order valence-electron chi connectivity index (χ3n) is 5.42. The first kappa shape index (κ1) is 25.3. The molecule has 10 nitrogen and oxygen atoms in total. The largest absolute Gasteiger partial charge is 0.468 e. The van der Waals surface area contributed by atoms with Gasteiger partial charge >= 0.3 is 12.0 Å². The van der Waals surface area contributed by atoms with Crippen molar-refractivity contribution in [3.8, 4) is 0 Å². The Morgan fingerprint density at radius 1 is 1.09 bits per heavy atom. The van der Waals surface area contributed by atoms with Crippen molar-refractivity contribution in [2.45, 2.75) is 39.0 Å². The summed E-state index contributed by atoms with van der Waals surface area (Å²) < 4.78 is 4.96. The van der Waals surface area contributed by atoms with Crippen LogP contribution in [0.5, 0.6) is 0 Å². The number of hydrogen-bond donors (Lipinski definition) is 3. The van der Waals surface area contributed by atoms with Gasteiger partial charge in [0.1, 0.15) is 11.6 Å². The van der Waals surface area contributed by atoms with Crippen LogP contribution in [0.4, 0.5) is 10.5 Å². The van der Waals surface area contributed by atoms with Gasteiger partial charge in [0.25, 0.3) is 5.91 Å². The molecule has 35 heavy (non-hydrogen) atoms. The van der Waals surface area contributed by atoms with E-state index in [0.717, 1.165) is 11.1 Å². The van der Waals surface area contributed by atoms with Crippen LogP contribution in [0.2, 0.25) is 0 Å². The second kappa shape index (κ2) is 11.2. The second-order valence-corrected chi connectivity index (χ2v) is 8.06. The molecule has 0 saturated carbocycles. The van der Waals surface area contributed by atoms with Gasteiger partial charge in [0.15, 0.2) is 0 Å². The molecule has 2 aromatic carbocycles. The number of benzene rings is 2. The Hall–Kier alpha value is -4.34. The van der Waals surface area contributed by atoms with Crippen molar-refractivity contribution in [2.75, 3.05) is 12.4 Å². The highest BCUT2D eigenvalue weighted by molar-refractivity contribution is 6.48. The zero-order chi connectivity index (χ0) is 25.5. The molecule has 0 aliphatic carbocycles. The number of fused-ring (bicyclic) bond motifs is 1. The standard InChI is InChI=1S/C25H28N6O4/c1-5-15-9-8-10-16(14(2)3)21(15)29-23(32)22(30-31-25(26)34)20(24(33)35-4)19-13-27-17-11-6-7-12-18(17)28-19/h6-14,20H,5H2,1-4H3,(H,29,32)(H3,26,31,34)/b30-22-. The van der Waals surface area contributed by atoms with E-state index in [4.69, 9.17) is 10.5 Å². The van der Waals surface area contributed by atoms with E-state index >= 15 is 0 Å². The van der Waals surface area contributed by atoms with Crippen LogP contribution in [-0.4, -0.2) is 40.7 Å². The third-order valence-corrected chi connectivity index (χ3v) is 5.42. The van der Waals surface area contributed by atoms with Gasteiger partial charge in [-0.2, -0.15) is 5.10 Å². The number of hydrogen-bond acceptors (Lipinski definition) is 7. The highest BCUT2D eigenvalue weighted by atomic mass is 16.5. The number of anilines is 1. The number of nitrogens with zero attached hydrogens (tertiary/aromatic N) is 3. The fourth-order valence-electron chi connectivity index (χ4n) is 3.69. The van der Waals surface area contributed by atoms with Gasteiger partial charge in [-0.3, -0.25) is 14.6 Å². The molecule has 1 aromatic heterocycles. The van der Waals surface area contributed by atoms with E-state index in [1.807, 2.05) is 45.0 Å². The van der Waals surface area contributed by atoms with E-state index in [1.165, 1.54) is 13.3 Å². The van der Waals surface area contributed by atoms with Gasteiger partial charge in [-0.25, -0.2) is 15.2 Å². The summed E-state index contributed by atoms with van der Waals surface area (Å²) in [6.45, 7) is 5.99. The molecule has 3 aromatic rings. The van der Waals surface area contributed by atoms with E-state index in [9.17, 15) is 14.4 Å². The molecule has 10 heteroatoms. The van der Waals surface area contributed by atoms with Gasteiger partial charge in [-0.05, 0) is 35.6 Å². The lowest BCUT2D eigenvalue weighted by atomic mass is 9.95. The molecule has 4 N–H and O–H groups in total. The number of para-hydroxylation sites is 3. The fourth-order valence-corrected chi connectivity index (χ4v) is 3.69. The van der Waals surface area contributed by atoms with E-state index < -0.39 is 23.8 Å². The molecule has 1 atom stereocenters. The van der Waals surface area contributed by atoms with Crippen LogP contribution in [0.1, 0.15) is 49.4 Å². The minimum absolute atomic E-state index is 0.115. The third kappa shape index (κ3) is 5.78. The van der Waals surface area contributed by atoms with E-state index in [-0.39, 0.29) is 17.3 Å². The van der Waals surface area contributed by atoms with Crippen LogP contribution in [0.3, 0.4) is 0 Å². The predicted octanol–water partition coefficient (Wildman–Crippen LogP) is 3.24. The van der Waals surface area contributed by atoms with Gasteiger partial charge in [0.2, 0.25) is 0 Å². The summed E-state index contributed by atoms with van der Waals surface area (Å²) in [6, 6.07) is 11.8. The highest BCUT2D eigenvalue weighted by Crippen LogP contribution is 2.29. The first-order valence-corrected chi connectivity index (χ1v) is 11.1. The van der Waals surface area contributed by atoms with Gasteiger partial charge in [0, 0.05) is 5.69 Å². The quantitative estimate of drug-likeness (QED) is 0.258. The number of esters is 1. The number of urea groups is 1. The number of primary amides is 1. The molecule has 1 unspecified atom stereocenters. The maximum atomic E-state index is 13.6. The number of nitrogens with two attached hydrogens (primary N) is 1. The summed E-state index contributed by atoms with van der Waals surface area (Å²) in [6.07, 6.45) is 2.04. The zero-order valence-electron chi connectivity index (χ0n) is 20.0. The number of carbonyl (C=O) groups excluding carboxylic acids is 3. The lowest BCUT2D eigenvalue weighted by Crippen LogP contribution is -2.37. The number of methoxy groups -OCH3 is 1. The first-order chi connectivity index (χ1) is 16.8. The molecule has 0 spiro atoms. The minimum Gasteiger partial charge on any atom is -0.468 e. The molecule has 0 aliphatic heterocycles. The second-order valence-electron chi connectivity index (χ2n) is 8.06. The summed E-state index contributed by atoms with van der Waals surface area (Å²) >= 11 is 0. The topological polar surface area (TPSA) is 149 Å². The Morgan fingerprint density at radius 3 is 2.43 bits per heavy atom. The summed E-state index contributed by atoms with van der Waals surface area (Å²) in [5.74, 6) is -2.78. The zero-order valence-corrected chi connectivity index (χ0v) is 20.0. The summed E-state index contributed by atoms with van der Waals surface area (Å²) in [7, 11) is 1.18. The van der Waals surface area contributed by atoms with Crippen LogP contribution >= 0.6 is 0 Å². The molecule has 3 rings (SSSR count). The molecule has 0 bridgehead atoms. The molecular formula is C25H28N6O4. The average molecular weight is 477 g/mol. The number of amides is 3. The SMILES string of the molecule is CCc1cccc(C(C)C)c1NC(=O)/C(=N\NC(N)=O)C(C(=O)OC)c1cnc2ccccc2n1. The molecule has 1 heterocycles. The van der Waals surface area contributed by atoms with Crippen LogP contribution in [0.25, 0.3) is 11.0 Å². The Labute approximate surface area is 203 Å². The molecule has 0 radical (unpaired) electrons. The molecule has 3 amide bonds. The van der Waals surface area contributed by atoms with E-state index in [0.29, 0.717) is 23.1 Å². The molecule has 0 saturated heterocycles. The van der Waals surface area contributed by atoms with Gasteiger partial charge in [-0.1, -0.05) is 51.1 Å². The summed E-state index contributed by atoms with van der Waals surface area (Å²) in [5, 5.41) is 6.77. The fraction of sp³-hybridized carbons (Fsp3) is 0.280. The van der Waals surface area contributed by atoms with E-state index in [1.54, 1.807) is 18.2 Å². The highest BCUT2D eigenvalue weighted by Gasteiger charge is 2.35. The lowest BCUT2D eigenvalue weighted by molar-refractivity contribution is -0.141. The van der Waals surface area contributed by atoms with Crippen molar-refractivity contribution in [1.82, 2.24) is 15.4 Å². The van der Waals surface area contributed by atoms with Crippen LogP contribution in [0.15, 0.2) is 53.8 Å². The first-order valence-electron chi connectivity index (χ1n) is 11.1. The minimum atomic E-state index is -1.37. The maximum Gasteiger partial charge on any atom is 0.332 e. The lowest BCUT2D eigenvalue weighted by Gasteiger charge is -2.20. The predicted molar refractivity (Wildman–Crippen MR) is 133 cm³/mol. The Bertz CT molecular complexity index is 1290. The number of nitrogens with one attached hydrogen (secondary N) is 2. The number of carbonyl (C=O) groups is 3. The maximum absolute atomic E-state index is 13.6. The van der Waals surface area contributed by atoms with Crippen molar-refractivity contribution in [1.29, 1.82) is 0 Å². The average Bonchev–Trinajstić information content (AvgIpc) is 2.85. The Balaban J connectivity index is 2.13. The molecular weight excluding hydrogens is 448 g/mol. The van der Waals surface area contributed by atoms with Gasteiger partial charge in [-0.15, -0.1) is 0 Å². The van der Waals surface area contributed by atoms with Gasteiger partial charge in [0.05, 0.1) is 30.0 Å². The number of ether oxygens (including phenoxy) is 1. The van der Waals surface area contributed by atoms with Crippen LogP contribution < -0.4 is 16.5 Å². The molecule has 182 valence electrons. The van der Waals surface area contributed by atoms with Crippen LogP contribution in [-0.2, 0) is 20.7 Å². The number of aromatic nitrogens is 2. The number of hydrazone groups is 1. The van der Waals surface area contributed by atoms with Crippen molar-refractivity contribution >= 4 is 40.3 Å². The number of aryl methyl sites for hydroxylation is 1. The molecule has 0 aliphatic rings. The Morgan fingerprint density at radius 2 is 1.80 bits per heavy atom. The van der Waals surface area contributed by atoms with Crippen molar-refractivity contribution in [3.05, 3.63) is 65.5 Å². The number of rotatable bonds is 8. The van der Waals surface area contributed by atoms with Crippen molar-refractivity contribution < 1.29 is 19.1 Å². The smallest absolute Gasteiger partial charge is 0.332 e. The van der Waals surface area contributed by atoms with Crippen molar-refractivity contribution in [3.63, 3.8) is 0 Å². The van der Waals surface area contributed by atoms with Gasteiger partial charge < -0.3 is 15.8 Å². The Kier molecular flexibility index (Phi) is 8.08. The summed E-state index contributed by atoms with van der Waals surface area (Å²) in [5.41, 5.74) is 10.6. The van der Waals surface area contributed by atoms with E-state index in [2.05, 4.69) is 25.8 Å². The monoisotopic (exact) mass is 476 g/mol. The van der Waals surface area contributed by atoms with Crippen LogP contribution in [0, 0.1) is 0 Å². The van der Waals surface area contributed by atoms with Crippen molar-refractivity contribution in [2.24, 2.45) is 10.8 Å².